The van der Waals surface area contributed by atoms with Gasteiger partial charge in [-0.05, 0) is 55.0 Å². The van der Waals surface area contributed by atoms with Gasteiger partial charge in [-0.25, -0.2) is 4.98 Å². The highest BCUT2D eigenvalue weighted by Crippen LogP contribution is 2.20. The molecule has 2 heterocycles. The molecule has 150 valence electrons. The molecule has 6 heteroatoms. The zero-order valence-corrected chi connectivity index (χ0v) is 16.9. The third-order valence-corrected chi connectivity index (χ3v) is 5.21. The number of nitrogens with zero attached hydrogens (tertiary/aromatic N) is 4. The molecule has 0 radical (unpaired) electrons. The number of aromatic nitrogens is 1. The maximum Gasteiger partial charge on any atom is 0.255 e. The standard InChI is InChI=1S/C24H23N5O/c1-18-4-2-7-22(14-18)28-10-12-29(13-11-28)24(30)20-8-9-23(26-17-20)27-21-6-3-5-19(15-21)16-25/h2-9,14-15,17H,10-13H2,1H3,(H,26,27). The Bertz CT molecular complexity index is 1080. The number of hydrogen-bond acceptors (Lipinski definition) is 5. The summed E-state index contributed by atoms with van der Waals surface area (Å²) in [5, 5.41) is 12.2. The van der Waals surface area contributed by atoms with Crippen molar-refractivity contribution >= 4 is 23.1 Å². The fourth-order valence-electron chi connectivity index (χ4n) is 3.58. The van der Waals surface area contributed by atoms with Gasteiger partial charge in [-0.1, -0.05) is 18.2 Å². The first-order valence-corrected chi connectivity index (χ1v) is 9.96. The number of pyridine rings is 1. The van der Waals surface area contributed by atoms with Crippen molar-refractivity contribution in [2.75, 3.05) is 36.4 Å². The number of amides is 1. The summed E-state index contributed by atoms with van der Waals surface area (Å²) in [6, 6.07) is 21.3. The Kier molecular flexibility index (Phi) is 5.62. The molecular weight excluding hydrogens is 374 g/mol. The summed E-state index contributed by atoms with van der Waals surface area (Å²) in [4.78, 5) is 21.4. The molecule has 0 unspecified atom stereocenters. The van der Waals surface area contributed by atoms with Gasteiger partial charge in [0.25, 0.3) is 5.91 Å². The van der Waals surface area contributed by atoms with Crippen molar-refractivity contribution < 1.29 is 4.79 Å². The van der Waals surface area contributed by atoms with Gasteiger partial charge in [-0.3, -0.25) is 4.79 Å². The van der Waals surface area contributed by atoms with E-state index in [9.17, 15) is 4.79 Å². The van der Waals surface area contributed by atoms with Crippen molar-refractivity contribution in [2.45, 2.75) is 6.92 Å². The molecule has 3 aromatic rings. The van der Waals surface area contributed by atoms with E-state index in [4.69, 9.17) is 5.26 Å². The minimum absolute atomic E-state index is 0.00409. The van der Waals surface area contributed by atoms with Crippen LogP contribution in [-0.2, 0) is 0 Å². The number of nitriles is 1. The highest BCUT2D eigenvalue weighted by molar-refractivity contribution is 5.94. The zero-order chi connectivity index (χ0) is 20.9. The lowest BCUT2D eigenvalue weighted by atomic mass is 10.1. The molecule has 1 aliphatic rings. The van der Waals surface area contributed by atoms with Gasteiger partial charge in [0.15, 0.2) is 0 Å². The largest absolute Gasteiger partial charge is 0.368 e. The minimum Gasteiger partial charge on any atom is -0.368 e. The number of anilines is 3. The summed E-state index contributed by atoms with van der Waals surface area (Å²) in [7, 11) is 0. The average Bonchev–Trinajstić information content (AvgIpc) is 2.79. The third-order valence-electron chi connectivity index (χ3n) is 5.21. The Balaban J connectivity index is 1.36. The fraction of sp³-hybridized carbons (Fsp3) is 0.208. The van der Waals surface area contributed by atoms with Crippen LogP contribution in [0.15, 0.2) is 66.9 Å². The van der Waals surface area contributed by atoms with E-state index in [1.807, 2.05) is 17.0 Å². The molecule has 0 atom stereocenters. The Morgan fingerprint density at radius 2 is 1.83 bits per heavy atom. The number of carbonyl (C=O) groups is 1. The van der Waals surface area contributed by atoms with Crippen LogP contribution >= 0.6 is 0 Å². The lowest BCUT2D eigenvalue weighted by molar-refractivity contribution is 0.0746. The number of benzene rings is 2. The topological polar surface area (TPSA) is 72.3 Å². The smallest absolute Gasteiger partial charge is 0.255 e. The van der Waals surface area contributed by atoms with E-state index in [0.29, 0.717) is 30.0 Å². The monoisotopic (exact) mass is 397 g/mol. The van der Waals surface area contributed by atoms with Gasteiger partial charge in [-0.2, -0.15) is 5.26 Å². The number of hydrogen-bond donors (Lipinski definition) is 1. The third kappa shape index (κ3) is 4.41. The molecule has 1 amide bonds. The first-order chi connectivity index (χ1) is 14.6. The van der Waals surface area contributed by atoms with Gasteiger partial charge in [-0.15, -0.1) is 0 Å². The van der Waals surface area contributed by atoms with E-state index in [-0.39, 0.29) is 5.91 Å². The summed E-state index contributed by atoms with van der Waals surface area (Å²) in [6.07, 6.45) is 1.60. The van der Waals surface area contributed by atoms with E-state index in [1.54, 1.807) is 30.5 Å². The molecule has 1 aliphatic heterocycles. The molecule has 4 rings (SSSR count). The molecular formula is C24H23N5O. The van der Waals surface area contributed by atoms with E-state index in [2.05, 4.69) is 52.5 Å². The predicted molar refractivity (Wildman–Crippen MR) is 118 cm³/mol. The molecule has 1 fully saturated rings. The predicted octanol–water partition coefficient (Wildman–Crippen LogP) is 3.97. The van der Waals surface area contributed by atoms with Crippen LogP contribution in [0.5, 0.6) is 0 Å². The second-order valence-electron chi connectivity index (χ2n) is 7.37. The van der Waals surface area contributed by atoms with Gasteiger partial charge < -0.3 is 15.1 Å². The number of piperazine rings is 1. The number of aryl methyl sites for hydroxylation is 1. The Hall–Kier alpha value is -3.85. The summed E-state index contributed by atoms with van der Waals surface area (Å²) < 4.78 is 0. The normalized spacial score (nSPS) is 13.6. The minimum atomic E-state index is 0.00409. The number of nitrogens with one attached hydrogen (secondary N) is 1. The molecule has 0 spiro atoms. The van der Waals surface area contributed by atoms with Gasteiger partial charge in [0.05, 0.1) is 17.2 Å². The lowest BCUT2D eigenvalue weighted by Crippen LogP contribution is -2.48. The number of carbonyl (C=O) groups excluding carboxylic acids is 1. The van der Waals surface area contributed by atoms with Crippen molar-refractivity contribution in [2.24, 2.45) is 0 Å². The molecule has 0 saturated carbocycles. The van der Waals surface area contributed by atoms with E-state index in [1.165, 1.54) is 11.3 Å². The van der Waals surface area contributed by atoms with Crippen LogP contribution in [0.2, 0.25) is 0 Å². The van der Waals surface area contributed by atoms with Crippen molar-refractivity contribution in [3.63, 3.8) is 0 Å². The second-order valence-corrected chi connectivity index (χ2v) is 7.37. The molecule has 0 bridgehead atoms. The van der Waals surface area contributed by atoms with Crippen LogP contribution in [0.1, 0.15) is 21.5 Å². The lowest BCUT2D eigenvalue weighted by Gasteiger charge is -2.36. The average molecular weight is 397 g/mol. The second kappa shape index (κ2) is 8.66. The van der Waals surface area contributed by atoms with E-state index < -0.39 is 0 Å². The molecule has 0 aliphatic carbocycles. The summed E-state index contributed by atoms with van der Waals surface area (Å²) >= 11 is 0. The van der Waals surface area contributed by atoms with Crippen molar-refractivity contribution in [1.29, 1.82) is 5.26 Å². The van der Waals surface area contributed by atoms with Crippen molar-refractivity contribution in [3.8, 4) is 6.07 Å². The molecule has 30 heavy (non-hydrogen) atoms. The molecule has 2 aromatic carbocycles. The summed E-state index contributed by atoms with van der Waals surface area (Å²) in [6.45, 7) is 5.10. The van der Waals surface area contributed by atoms with E-state index >= 15 is 0 Å². The Labute approximate surface area is 176 Å². The van der Waals surface area contributed by atoms with Crippen LogP contribution in [0.25, 0.3) is 0 Å². The highest BCUT2D eigenvalue weighted by Gasteiger charge is 2.22. The van der Waals surface area contributed by atoms with Gasteiger partial charge in [0.1, 0.15) is 5.82 Å². The summed E-state index contributed by atoms with van der Waals surface area (Å²) in [5.41, 5.74) is 4.39. The highest BCUT2D eigenvalue weighted by atomic mass is 16.2. The van der Waals surface area contributed by atoms with Gasteiger partial charge >= 0.3 is 0 Å². The van der Waals surface area contributed by atoms with Crippen molar-refractivity contribution in [1.82, 2.24) is 9.88 Å². The van der Waals surface area contributed by atoms with Gasteiger partial charge in [0, 0.05) is 43.8 Å². The molecule has 6 nitrogen and oxygen atoms in total. The fourth-order valence-corrected chi connectivity index (χ4v) is 3.58. The zero-order valence-electron chi connectivity index (χ0n) is 16.9. The molecule has 1 saturated heterocycles. The maximum absolute atomic E-state index is 12.9. The Morgan fingerprint density at radius 3 is 2.53 bits per heavy atom. The quantitative estimate of drug-likeness (QED) is 0.721. The first kappa shape index (κ1) is 19.5. The van der Waals surface area contributed by atoms with Crippen LogP contribution in [0, 0.1) is 18.3 Å². The van der Waals surface area contributed by atoms with Crippen LogP contribution in [0.4, 0.5) is 17.2 Å². The van der Waals surface area contributed by atoms with E-state index in [0.717, 1.165) is 18.8 Å². The number of rotatable bonds is 4. The van der Waals surface area contributed by atoms with Gasteiger partial charge in [0.2, 0.25) is 0 Å². The first-order valence-electron chi connectivity index (χ1n) is 9.96. The summed E-state index contributed by atoms with van der Waals surface area (Å²) in [5.74, 6) is 0.635. The SMILES string of the molecule is Cc1cccc(N2CCN(C(=O)c3ccc(Nc4cccc(C#N)c4)nc3)CC2)c1. The maximum atomic E-state index is 12.9. The molecule has 1 N–H and O–H groups in total. The van der Waals surface area contributed by atoms with Crippen LogP contribution in [-0.4, -0.2) is 42.0 Å². The van der Waals surface area contributed by atoms with Crippen molar-refractivity contribution in [3.05, 3.63) is 83.6 Å². The van der Waals surface area contributed by atoms with Crippen LogP contribution in [0.3, 0.4) is 0 Å². The van der Waals surface area contributed by atoms with Crippen LogP contribution < -0.4 is 10.2 Å². The Morgan fingerprint density at radius 1 is 1.03 bits per heavy atom. The molecule has 1 aromatic heterocycles.